The Morgan fingerprint density at radius 1 is 1.25 bits per heavy atom. The third-order valence-electron chi connectivity index (χ3n) is 1.80. The summed E-state index contributed by atoms with van der Waals surface area (Å²) in [6, 6.07) is 8.08. The Labute approximate surface area is 81.7 Å². The Kier molecular flexibility index (Phi) is 2.73. The van der Waals surface area contributed by atoms with Crippen molar-refractivity contribution < 1.29 is 16.8 Å². The van der Waals surface area contributed by atoms with E-state index in [9.17, 15) is 0 Å². The number of H-pyrrole nitrogens is 1. The van der Waals surface area contributed by atoms with Crippen LogP contribution in [-0.2, 0) is 16.8 Å². The van der Waals surface area contributed by atoms with Crippen molar-refractivity contribution in [2.24, 2.45) is 0 Å². The summed E-state index contributed by atoms with van der Waals surface area (Å²) < 4.78 is 0. The number of aromatic nitrogens is 1. The molecule has 0 amide bonds. The van der Waals surface area contributed by atoms with E-state index in [0.717, 1.165) is 11.1 Å². The molecule has 0 unspecified atom stereocenters. The van der Waals surface area contributed by atoms with Gasteiger partial charge in [0.2, 0.25) is 0 Å². The molecule has 0 bridgehead atoms. The largest absolute Gasteiger partial charge is 0.379 e. The van der Waals surface area contributed by atoms with E-state index in [4.69, 9.17) is 6.58 Å². The van der Waals surface area contributed by atoms with E-state index in [1.165, 1.54) is 5.39 Å². The van der Waals surface area contributed by atoms with Crippen molar-refractivity contribution >= 4 is 17.0 Å². The summed E-state index contributed by atoms with van der Waals surface area (Å²) in [5.74, 6) is 0. The summed E-state index contributed by atoms with van der Waals surface area (Å²) in [4.78, 5) is 3.13. The normalized spacial score (nSPS) is 9.33. The fraction of sp³-hybridized carbons (Fsp3) is 0. The minimum Gasteiger partial charge on any atom is -0.379 e. The van der Waals surface area contributed by atoms with Crippen LogP contribution in [-0.4, -0.2) is 4.98 Å². The fourth-order valence-corrected chi connectivity index (χ4v) is 1.23. The Bertz CT molecular complexity index is 389. The quantitative estimate of drug-likeness (QED) is 0.682. The second-order valence-electron chi connectivity index (χ2n) is 2.46. The van der Waals surface area contributed by atoms with Gasteiger partial charge >= 0.3 is 0 Å². The van der Waals surface area contributed by atoms with Gasteiger partial charge in [0.25, 0.3) is 0 Å². The molecule has 1 aromatic carbocycles. The van der Waals surface area contributed by atoms with Gasteiger partial charge in [-0.2, -0.15) is 5.56 Å². The molecule has 1 heterocycles. The molecule has 12 heavy (non-hydrogen) atoms. The van der Waals surface area contributed by atoms with Gasteiger partial charge in [-0.15, -0.1) is 0 Å². The summed E-state index contributed by atoms with van der Waals surface area (Å²) >= 11 is 0. The summed E-state index contributed by atoms with van der Waals surface area (Å²) in [6.45, 7) is 5.42. The van der Waals surface area contributed by atoms with Crippen LogP contribution >= 0.6 is 0 Å². The van der Waals surface area contributed by atoms with Crippen LogP contribution in [0.2, 0.25) is 0 Å². The maximum absolute atomic E-state index is 5.42. The Morgan fingerprint density at radius 3 is 2.75 bits per heavy atom. The molecule has 1 aromatic heterocycles. The Hall–Kier alpha value is -0.994. The number of fused-ring (bicyclic) bond motifs is 1. The number of benzene rings is 1. The van der Waals surface area contributed by atoms with Crippen LogP contribution in [0.5, 0.6) is 0 Å². The van der Waals surface area contributed by atoms with Crippen LogP contribution in [0.15, 0.2) is 30.5 Å². The van der Waals surface area contributed by atoms with E-state index in [-0.39, 0.29) is 16.8 Å². The second kappa shape index (κ2) is 3.60. The predicted octanol–water partition coefficient (Wildman–Crippen LogP) is 2.61. The number of rotatable bonds is 1. The van der Waals surface area contributed by atoms with Crippen molar-refractivity contribution in [1.29, 1.82) is 0 Å². The number of para-hydroxylation sites is 1. The summed E-state index contributed by atoms with van der Waals surface area (Å²) in [5.41, 5.74) is 2.19. The van der Waals surface area contributed by atoms with Gasteiger partial charge in [0.1, 0.15) is 0 Å². The first-order valence-corrected chi connectivity index (χ1v) is 3.53. The third kappa shape index (κ3) is 1.31. The zero-order valence-electron chi connectivity index (χ0n) is 6.37. The van der Waals surface area contributed by atoms with Crippen LogP contribution in [0.25, 0.3) is 17.0 Å². The Balaban J connectivity index is 0.000000720. The molecule has 0 saturated heterocycles. The predicted molar refractivity (Wildman–Crippen MR) is 47.1 cm³/mol. The van der Waals surface area contributed by atoms with Crippen molar-refractivity contribution in [2.75, 3.05) is 0 Å². The van der Waals surface area contributed by atoms with Gasteiger partial charge in [0, 0.05) is 22.3 Å². The molecule has 2 heteroatoms. The molecule has 0 spiro atoms. The third-order valence-corrected chi connectivity index (χ3v) is 1.80. The van der Waals surface area contributed by atoms with E-state index in [1.54, 1.807) is 6.08 Å². The van der Waals surface area contributed by atoms with E-state index < -0.39 is 0 Å². The van der Waals surface area contributed by atoms with Gasteiger partial charge in [-0.25, -0.2) is 6.08 Å². The first-order valence-electron chi connectivity index (χ1n) is 3.53. The van der Waals surface area contributed by atoms with E-state index in [0.29, 0.717) is 0 Å². The number of nitrogens with one attached hydrogen (secondary N) is 1. The molecule has 0 saturated carbocycles. The fourth-order valence-electron chi connectivity index (χ4n) is 1.23. The number of hydrogen-bond donors (Lipinski definition) is 1. The first kappa shape index (κ1) is 9.10. The molecule has 2 aromatic rings. The molecule has 1 N–H and O–H groups in total. The standard InChI is InChI=1S/C10H8N.Co/c1-2-8-7-11-10-6-4-3-5-9(8)10;/h1-7,11H;/q-1;. The molecule has 0 fully saturated rings. The smallest absolute Gasteiger partial charge is 0.0265 e. The maximum atomic E-state index is 5.42. The van der Waals surface area contributed by atoms with Crippen molar-refractivity contribution in [3.8, 4) is 0 Å². The molecule has 63 valence electrons. The van der Waals surface area contributed by atoms with Gasteiger partial charge in [0.15, 0.2) is 0 Å². The van der Waals surface area contributed by atoms with Crippen LogP contribution in [0.4, 0.5) is 0 Å². The van der Waals surface area contributed by atoms with Gasteiger partial charge in [-0.3, -0.25) is 6.58 Å². The van der Waals surface area contributed by atoms with E-state index in [1.807, 2.05) is 30.5 Å². The van der Waals surface area contributed by atoms with Crippen LogP contribution in [0.3, 0.4) is 0 Å². The first-order chi connectivity index (χ1) is 5.42. The van der Waals surface area contributed by atoms with Crippen LogP contribution < -0.4 is 0 Å². The van der Waals surface area contributed by atoms with Crippen molar-refractivity contribution in [3.05, 3.63) is 42.6 Å². The zero-order chi connectivity index (χ0) is 7.68. The van der Waals surface area contributed by atoms with Crippen LogP contribution in [0, 0.1) is 6.58 Å². The number of aromatic amines is 1. The molecule has 0 aliphatic carbocycles. The molecule has 2 rings (SSSR count). The van der Waals surface area contributed by atoms with Crippen molar-refractivity contribution in [1.82, 2.24) is 4.98 Å². The SMILES string of the molecule is [CH-]=Cc1c[nH]c2ccccc12.[Co]. The average molecular weight is 201 g/mol. The maximum Gasteiger partial charge on any atom is 0.0265 e. The minimum absolute atomic E-state index is 0. The monoisotopic (exact) mass is 201 g/mol. The van der Waals surface area contributed by atoms with E-state index in [2.05, 4.69) is 4.98 Å². The Morgan fingerprint density at radius 2 is 2.00 bits per heavy atom. The van der Waals surface area contributed by atoms with Gasteiger partial charge in [-0.05, 0) is 6.07 Å². The van der Waals surface area contributed by atoms with E-state index >= 15 is 0 Å². The number of hydrogen-bond acceptors (Lipinski definition) is 0. The summed E-state index contributed by atoms with van der Waals surface area (Å²) in [5, 5.41) is 1.18. The molecular weight excluding hydrogens is 193 g/mol. The molecule has 0 aliphatic rings. The second-order valence-corrected chi connectivity index (χ2v) is 2.46. The molecular formula is C10H8CoN-. The zero-order valence-corrected chi connectivity index (χ0v) is 7.42. The topological polar surface area (TPSA) is 15.8 Å². The molecule has 1 nitrogen and oxygen atoms in total. The molecule has 1 radical (unpaired) electrons. The average Bonchev–Trinajstić information content (AvgIpc) is 2.47. The van der Waals surface area contributed by atoms with Crippen molar-refractivity contribution in [3.63, 3.8) is 0 Å². The van der Waals surface area contributed by atoms with Gasteiger partial charge in [0.05, 0.1) is 0 Å². The summed E-state index contributed by atoms with van der Waals surface area (Å²) in [6.07, 6.45) is 3.52. The van der Waals surface area contributed by atoms with Gasteiger partial charge in [-0.1, -0.05) is 29.8 Å². The van der Waals surface area contributed by atoms with Gasteiger partial charge < -0.3 is 4.98 Å². The minimum atomic E-state index is 0. The summed E-state index contributed by atoms with van der Waals surface area (Å²) in [7, 11) is 0. The molecule has 0 aliphatic heterocycles. The van der Waals surface area contributed by atoms with Crippen LogP contribution in [0.1, 0.15) is 5.56 Å². The van der Waals surface area contributed by atoms with Crippen molar-refractivity contribution in [2.45, 2.75) is 0 Å². The molecule has 0 atom stereocenters.